The van der Waals surface area contributed by atoms with Crippen molar-refractivity contribution in [3.63, 3.8) is 0 Å². The van der Waals surface area contributed by atoms with Crippen molar-refractivity contribution in [3.05, 3.63) is 65.9 Å². The van der Waals surface area contributed by atoms with Gasteiger partial charge < -0.3 is 19.7 Å². The number of hydrogen-bond donors (Lipinski definition) is 1. The monoisotopic (exact) mass is 376 g/mol. The average Bonchev–Trinajstić information content (AvgIpc) is 3.07. The molecule has 1 aromatic heterocycles. The first-order valence-corrected chi connectivity index (χ1v) is 9.34. The molecular formula is C22H24N4O2. The van der Waals surface area contributed by atoms with E-state index >= 15 is 0 Å². The van der Waals surface area contributed by atoms with Crippen LogP contribution in [-0.2, 0) is 13.0 Å². The Kier molecular flexibility index (Phi) is 5.02. The number of para-hydroxylation sites is 1. The minimum atomic E-state index is 0.367. The number of hydrogen-bond acceptors (Lipinski definition) is 6. The molecule has 0 spiro atoms. The number of benzene rings is 2. The quantitative estimate of drug-likeness (QED) is 0.696. The Hall–Kier alpha value is -3.28. The minimum absolute atomic E-state index is 0.367. The second kappa shape index (κ2) is 7.76. The van der Waals surface area contributed by atoms with Crippen molar-refractivity contribution in [2.75, 3.05) is 24.4 Å². The minimum Gasteiger partial charge on any atom is -0.493 e. The lowest BCUT2D eigenvalue weighted by molar-refractivity contribution is 0.354. The van der Waals surface area contributed by atoms with E-state index in [1.807, 2.05) is 24.3 Å². The van der Waals surface area contributed by atoms with Crippen molar-refractivity contribution in [1.29, 1.82) is 0 Å². The number of ether oxygens (including phenoxy) is 2. The van der Waals surface area contributed by atoms with Crippen LogP contribution in [0.3, 0.4) is 0 Å². The smallest absolute Gasteiger partial charge is 0.224 e. The normalized spacial score (nSPS) is 15.2. The topological polar surface area (TPSA) is 59.5 Å². The molecular weight excluding hydrogens is 352 g/mol. The van der Waals surface area contributed by atoms with Gasteiger partial charge in [-0.25, -0.2) is 4.98 Å². The van der Waals surface area contributed by atoms with Crippen LogP contribution in [0.2, 0.25) is 0 Å². The summed E-state index contributed by atoms with van der Waals surface area (Å²) in [7, 11) is 3.27. The number of fused-ring (bicyclic) bond motifs is 1. The Balaban J connectivity index is 1.52. The highest BCUT2D eigenvalue weighted by Crippen LogP contribution is 2.37. The largest absolute Gasteiger partial charge is 0.493 e. The van der Waals surface area contributed by atoms with Crippen LogP contribution in [0.25, 0.3) is 0 Å². The fraction of sp³-hybridized carbons (Fsp3) is 0.273. The summed E-state index contributed by atoms with van der Waals surface area (Å²) in [6.45, 7) is 2.81. The fourth-order valence-electron chi connectivity index (χ4n) is 3.65. The lowest BCUT2D eigenvalue weighted by Crippen LogP contribution is -2.25. The van der Waals surface area contributed by atoms with Gasteiger partial charge in [0, 0.05) is 24.5 Å². The third kappa shape index (κ3) is 3.45. The SMILES string of the molecule is COc1ccc(CNc2nccc(N3c4ccccc4CC3C)n2)cc1OC. The van der Waals surface area contributed by atoms with Gasteiger partial charge in [-0.15, -0.1) is 0 Å². The molecule has 0 aliphatic carbocycles. The van der Waals surface area contributed by atoms with Crippen molar-refractivity contribution < 1.29 is 9.47 Å². The molecule has 28 heavy (non-hydrogen) atoms. The molecule has 4 rings (SSSR count). The molecule has 0 saturated heterocycles. The Morgan fingerprint density at radius 2 is 1.89 bits per heavy atom. The third-order valence-corrected chi connectivity index (χ3v) is 4.99. The number of nitrogens with one attached hydrogen (secondary N) is 1. The van der Waals surface area contributed by atoms with E-state index in [2.05, 4.69) is 46.4 Å². The Morgan fingerprint density at radius 1 is 1.07 bits per heavy atom. The summed E-state index contributed by atoms with van der Waals surface area (Å²) in [5, 5.41) is 3.31. The molecule has 0 bridgehead atoms. The van der Waals surface area contributed by atoms with Crippen LogP contribution in [0.15, 0.2) is 54.7 Å². The predicted octanol–water partition coefficient (Wildman–Crippen LogP) is 4.19. The van der Waals surface area contributed by atoms with Crippen molar-refractivity contribution in [1.82, 2.24) is 9.97 Å². The molecule has 6 heteroatoms. The molecule has 1 aliphatic heterocycles. The fourth-order valence-corrected chi connectivity index (χ4v) is 3.65. The van der Waals surface area contributed by atoms with Crippen LogP contribution in [0.1, 0.15) is 18.1 Å². The van der Waals surface area contributed by atoms with E-state index in [1.165, 1.54) is 11.3 Å². The average molecular weight is 376 g/mol. The molecule has 1 atom stereocenters. The van der Waals surface area contributed by atoms with E-state index in [4.69, 9.17) is 14.5 Å². The standard InChI is InChI=1S/C22H24N4O2/c1-15-12-17-6-4-5-7-18(17)26(15)21-10-11-23-22(25-21)24-14-16-8-9-19(27-2)20(13-16)28-3/h4-11,13,15H,12,14H2,1-3H3,(H,23,24,25). The zero-order chi connectivity index (χ0) is 19.5. The van der Waals surface area contributed by atoms with Crippen LogP contribution in [0, 0.1) is 0 Å². The van der Waals surface area contributed by atoms with Crippen LogP contribution >= 0.6 is 0 Å². The van der Waals surface area contributed by atoms with Gasteiger partial charge in [0.05, 0.1) is 14.2 Å². The molecule has 1 unspecified atom stereocenters. The van der Waals surface area contributed by atoms with Crippen LogP contribution < -0.4 is 19.7 Å². The van der Waals surface area contributed by atoms with Crippen LogP contribution in [0.4, 0.5) is 17.5 Å². The molecule has 1 aliphatic rings. The van der Waals surface area contributed by atoms with Gasteiger partial charge in [-0.05, 0) is 48.7 Å². The van der Waals surface area contributed by atoms with Gasteiger partial charge in [-0.2, -0.15) is 4.98 Å². The maximum atomic E-state index is 5.37. The Morgan fingerprint density at radius 3 is 2.71 bits per heavy atom. The second-order valence-electron chi connectivity index (χ2n) is 6.83. The Bertz CT molecular complexity index is 976. The lowest BCUT2D eigenvalue weighted by atomic mass is 10.1. The maximum absolute atomic E-state index is 5.37. The molecule has 0 radical (unpaired) electrons. The van der Waals surface area contributed by atoms with Crippen LogP contribution in [0.5, 0.6) is 11.5 Å². The molecule has 2 aromatic carbocycles. The molecule has 3 aromatic rings. The molecule has 0 saturated carbocycles. The van der Waals surface area contributed by atoms with E-state index in [1.54, 1.807) is 20.4 Å². The molecule has 1 N–H and O–H groups in total. The zero-order valence-electron chi connectivity index (χ0n) is 16.3. The number of aromatic nitrogens is 2. The maximum Gasteiger partial charge on any atom is 0.224 e. The van der Waals surface area contributed by atoms with Crippen molar-refractivity contribution in [2.45, 2.75) is 25.9 Å². The first-order chi connectivity index (χ1) is 13.7. The summed E-state index contributed by atoms with van der Waals surface area (Å²) < 4.78 is 10.7. The molecule has 144 valence electrons. The second-order valence-corrected chi connectivity index (χ2v) is 6.83. The number of methoxy groups -OCH3 is 2. The van der Waals surface area contributed by atoms with Crippen molar-refractivity contribution in [2.24, 2.45) is 0 Å². The van der Waals surface area contributed by atoms with Gasteiger partial charge in [0.1, 0.15) is 5.82 Å². The van der Waals surface area contributed by atoms with Gasteiger partial charge >= 0.3 is 0 Å². The number of anilines is 3. The van der Waals surface area contributed by atoms with Gasteiger partial charge in [0.15, 0.2) is 11.5 Å². The summed E-state index contributed by atoms with van der Waals surface area (Å²) in [6.07, 6.45) is 2.82. The number of rotatable bonds is 6. The van der Waals surface area contributed by atoms with E-state index in [0.29, 0.717) is 30.0 Å². The summed E-state index contributed by atoms with van der Waals surface area (Å²) in [5.74, 6) is 2.93. The Labute approximate surface area is 165 Å². The van der Waals surface area contributed by atoms with E-state index in [-0.39, 0.29) is 0 Å². The molecule has 0 amide bonds. The van der Waals surface area contributed by atoms with Crippen molar-refractivity contribution in [3.8, 4) is 11.5 Å². The highest BCUT2D eigenvalue weighted by atomic mass is 16.5. The lowest BCUT2D eigenvalue weighted by Gasteiger charge is -2.24. The van der Waals surface area contributed by atoms with Crippen molar-refractivity contribution >= 4 is 17.5 Å². The highest BCUT2D eigenvalue weighted by molar-refractivity contribution is 5.69. The molecule has 0 fully saturated rings. The highest BCUT2D eigenvalue weighted by Gasteiger charge is 2.27. The van der Waals surface area contributed by atoms with Gasteiger partial charge in [0.25, 0.3) is 0 Å². The van der Waals surface area contributed by atoms with E-state index in [0.717, 1.165) is 17.8 Å². The number of nitrogens with zero attached hydrogens (tertiary/aromatic N) is 3. The molecule has 2 heterocycles. The first kappa shape index (κ1) is 18.1. The van der Waals surface area contributed by atoms with E-state index < -0.39 is 0 Å². The summed E-state index contributed by atoms with van der Waals surface area (Å²) >= 11 is 0. The summed E-state index contributed by atoms with van der Waals surface area (Å²) in [5.41, 5.74) is 3.64. The predicted molar refractivity (Wildman–Crippen MR) is 111 cm³/mol. The van der Waals surface area contributed by atoms with Gasteiger partial charge in [0.2, 0.25) is 5.95 Å². The zero-order valence-corrected chi connectivity index (χ0v) is 16.3. The summed E-state index contributed by atoms with van der Waals surface area (Å²) in [4.78, 5) is 11.4. The third-order valence-electron chi connectivity index (χ3n) is 4.99. The van der Waals surface area contributed by atoms with Crippen LogP contribution in [-0.4, -0.2) is 30.2 Å². The first-order valence-electron chi connectivity index (χ1n) is 9.34. The summed E-state index contributed by atoms with van der Waals surface area (Å²) in [6, 6.07) is 16.7. The van der Waals surface area contributed by atoms with E-state index in [9.17, 15) is 0 Å². The molecule has 6 nitrogen and oxygen atoms in total. The van der Waals surface area contributed by atoms with Gasteiger partial charge in [-0.3, -0.25) is 0 Å². The van der Waals surface area contributed by atoms with Gasteiger partial charge in [-0.1, -0.05) is 24.3 Å².